The van der Waals surface area contributed by atoms with Crippen molar-refractivity contribution in [2.24, 2.45) is 5.73 Å². The molecule has 0 saturated heterocycles. The zero-order chi connectivity index (χ0) is 5.70. The summed E-state index contributed by atoms with van der Waals surface area (Å²) in [4.78, 5) is 0. The molecule has 0 aliphatic carbocycles. The molecule has 0 aliphatic rings. The maximum absolute atomic E-state index is 5.30. The first-order chi connectivity index (χ1) is 3.27. The molecule has 0 heterocycles. The van der Waals surface area contributed by atoms with Gasteiger partial charge < -0.3 is 5.73 Å². The Morgan fingerprint density at radius 1 is 1.57 bits per heavy atom. The lowest BCUT2D eigenvalue weighted by Gasteiger charge is -1.96. The van der Waals surface area contributed by atoms with E-state index >= 15 is 0 Å². The molecule has 41 valence electrons. The number of nitrogens with two attached hydrogens (primary N) is 1. The first-order valence-corrected chi connectivity index (χ1v) is 4.29. The average Bonchev–Trinajstić information content (AvgIpc) is 1.61. The summed E-state index contributed by atoms with van der Waals surface area (Å²) in [5.74, 6) is 0. The molecule has 0 spiro atoms. The van der Waals surface area contributed by atoms with Crippen molar-refractivity contribution in [3.8, 4) is 0 Å². The van der Waals surface area contributed by atoms with Gasteiger partial charge >= 0.3 is 0 Å². The minimum Gasteiger partial charge on any atom is -0.332 e. The fourth-order valence-corrected chi connectivity index (χ4v) is 1.29. The minimum atomic E-state index is 0.642. The van der Waals surface area contributed by atoms with Gasteiger partial charge in [0, 0.05) is 0 Å². The Hall–Kier alpha value is 0.492. The highest BCUT2D eigenvalue weighted by atomic mass is 27.1. The van der Waals surface area contributed by atoms with Gasteiger partial charge in [-0.3, -0.25) is 0 Å². The topological polar surface area (TPSA) is 26.0 Å². The van der Waals surface area contributed by atoms with Gasteiger partial charge in [-0.15, -0.1) is 0 Å². The first kappa shape index (κ1) is 7.49. The lowest BCUT2D eigenvalue weighted by Crippen LogP contribution is -2.04. The van der Waals surface area contributed by atoms with Crippen molar-refractivity contribution in [3.05, 3.63) is 0 Å². The Morgan fingerprint density at radius 3 is 2.29 bits per heavy atom. The van der Waals surface area contributed by atoms with Crippen molar-refractivity contribution in [3.63, 3.8) is 0 Å². The molecular formula is C5H13AlN. The van der Waals surface area contributed by atoms with Gasteiger partial charge in [0.05, 0.1) is 0 Å². The molecule has 0 aromatic carbocycles. The quantitative estimate of drug-likeness (QED) is 0.542. The van der Waals surface area contributed by atoms with Crippen LogP contribution in [0.25, 0.3) is 0 Å². The highest BCUT2D eigenvalue weighted by Gasteiger charge is 1.93. The molecule has 0 aliphatic heterocycles. The smallest absolute Gasteiger partial charge is 0.206 e. The van der Waals surface area contributed by atoms with E-state index in [4.69, 9.17) is 5.73 Å². The van der Waals surface area contributed by atoms with E-state index in [1.165, 1.54) is 5.28 Å². The van der Waals surface area contributed by atoms with Crippen LogP contribution in [0.5, 0.6) is 0 Å². The molecule has 2 N–H and O–H groups in total. The number of rotatable bonds is 3. The van der Waals surface area contributed by atoms with Crippen molar-refractivity contribution < 1.29 is 0 Å². The first-order valence-electron chi connectivity index (χ1n) is 2.80. The van der Waals surface area contributed by atoms with E-state index in [9.17, 15) is 0 Å². The van der Waals surface area contributed by atoms with Crippen LogP contribution in [-0.2, 0) is 0 Å². The van der Waals surface area contributed by atoms with Crippen LogP contribution in [0.1, 0.15) is 13.8 Å². The molecule has 0 aromatic rings. The minimum absolute atomic E-state index is 0.642. The Morgan fingerprint density at radius 2 is 2.14 bits per heavy atom. The molecular weight excluding hydrogens is 101 g/mol. The molecule has 1 radical (unpaired) electrons. The number of hydrogen-bond donors (Lipinski definition) is 1. The van der Waals surface area contributed by atoms with E-state index in [0.29, 0.717) is 15.2 Å². The van der Waals surface area contributed by atoms with Crippen molar-refractivity contribution >= 4 is 15.2 Å². The molecule has 7 heavy (non-hydrogen) atoms. The van der Waals surface area contributed by atoms with Crippen LogP contribution < -0.4 is 5.73 Å². The van der Waals surface area contributed by atoms with Crippen LogP contribution in [0.3, 0.4) is 0 Å². The third kappa shape index (κ3) is 6.49. The third-order valence-corrected chi connectivity index (χ3v) is 2.41. The molecule has 0 atom stereocenters. The second-order valence-corrected chi connectivity index (χ2v) is 4.44. The molecule has 0 amide bonds. The van der Waals surface area contributed by atoms with Crippen LogP contribution in [0.15, 0.2) is 0 Å². The molecule has 0 aromatic heterocycles. The Bertz CT molecular complexity index is 37.1. The standard InChI is InChI=1S/C3H7.C2H6N.Al/c1-3-2;1-2-3;/h3H,1-2H3;1-3H2;. The summed E-state index contributed by atoms with van der Waals surface area (Å²) in [5.41, 5.74) is 5.30. The van der Waals surface area contributed by atoms with Crippen molar-refractivity contribution in [1.29, 1.82) is 0 Å². The average molecular weight is 114 g/mol. The van der Waals surface area contributed by atoms with E-state index in [2.05, 4.69) is 13.8 Å². The zero-order valence-electron chi connectivity index (χ0n) is 5.15. The predicted octanol–water partition coefficient (Wildman–Crippen LogP) is 0.896. The summed E-state index contributed by atoms with van der Waals surface area (Å²) >= 11 is 0.642. The molecule has 0 fully saturated rings. The Balaban J connectivity index is 2.68. The molecule has 0 bridgehead atoms. The fraction of sp³-hybridized carbons (Fsp3) is 1.00. The predicted molar refractivity (Wildman–Crippen MR) is 34.7 cm³/mol. The van der Waals surface area contributed by atoms with Crippen LogP contribution in [-0.4, -0.2) is 21.8 Å². The number of hydrogen-bond acceptors (Lipinski definition) is 1. The van der Waals surface area contributed by atoms with Gasteiger partial charge in [-0.05, 0) is 6.54 Å². The highest BCUT2D eigenvalue weighted by molar-refractivity contribution is 6.37. The maximum atomic E-state index is 5.30. The van der Waals surface area contributed by atoms with Crippen LogP contribution in [0.4, 0.5) is 0 Å². The van der Waals surface area contributed by atoms with Crippen LogP contribution in [0.2, 0.25) is 10.1 Å². The molecule has 2 heteroatoms. The summed E-state index contributed by atoms with van der Waals surface area (Å²) in [6.45, 7) is 5.39. The monoisotopic (exact) mass is 114 g/mol. The van der Waals surface area contributed by atoms with Crippen molar-refractivity contribution in [2.75, 3.05) is 6.54 Å². The SMILES string of the molecule is C[CH](C)[Al][CH2]CN. The van der Waals surface area contributed by atoms with E-state index in [1.807, 2.05) is 0 Å². The van der Waals surface area contributed by atoms with Crippen LogP contribution >= 0.6 is 0 Å². The molecule has 0 rings (SSSR count). The highest BCUT2D eigenvalue weighted by Crippen LogP contribution is 1.97. The second-order valence-electron chi connectivity index (χ2n) is 2.06. The summed E-state index contributed by atoms with van der Waals surface area (Å²) in [7, 11) is 0. The van der Waals surface area contributed by atoms with Gasteiger partial charge in [-0.25, -0.2) is 0 Å². The van der Waals surface area contributed by atoms with E-state index in [0.717, 1.165) is 11.3 Å². The van der Waals surface area contributed by atoms with Crippen molar-refractivity contribution in [2.45, 2.75) is 23.9 Å². The third-order valence-electron chi connectivity index (χ3n) is 0.805. The summed E-state index contributed by atoms with van der Waals surface area (Å²) < 4.78 is 0.906. The summed E-state index contributed by atoms with van der Waals surface area (Å²) in [6, 6.07) is 0. The lowest BCUT2D eigenvalue weighted by atomic mass is 10.6. The summed E-state index contributed by atoms with van der Waals surface area (Å²) in [5, 5.41) is 1.26. The van der Waals surface area contributed by atoms with Crippen LogP contribution in [0, 0.1) is 0 Å². The summed E-state index contributed by atoms with van der Waals surface area (Å²) in [6.07, 6.45) is 0. The largest absolute Gasteiger partial charge is 0.332 e. The van der Waals surface area contributed by atoms with E-state index in [-0.39, 0.29) is 0 Å². The Labute approximate surface area is 52.0 Å². The van der Waals surface area contributed by atoms with Gasteiger partial charge in [-0.2, -0.15) is 0 Å². The molecule has 1 nitrogen and oxygen atoms in total. The lowest BCUT2D eigenvalue weighted by molar-refractivity contribution is 1.02. The van der Waals surface area contributed by atoms with Gasteiger partial charge in [0.25, 0.3) is 0 Å². The van der Waals surface area contributed by atoms with Gasteiger partial charge in [0.15, 0.2) is 0 Å². The normalized spacial score (nSPS) is 9.71. The van der Waals surface area contributed by atoms with Gasteiger partial charge in [0.2, 0.25) is 15.2 Å². The van der Waals surface area contributed by atoms with E-state index in [1.54, 1.807) is 0 Å². The maximum Gasteiger partial charge on any atom is 0.206 e. The van der Waals surface area contributed by atoms with Crippen molar-refractivity contribution in [1.82, 2.24) is 0 Å². The van der Waals surface area contributed by atoms with Gasteiger partial charge in [-0.1, -0.05) is 23.9 Å². The van der Waals surface area contributed by atoms with E-state index < -0.39 is 0 Å². The molecule has 0 saturated carbocycles. The molecule has 0 unspecified atom stereocenters. The zero-order valence-corrected chi connectivity index (χ0v) is 6.30. The Kier molecular flexibility index (Phi) is 4.97. The second kappa shape index (κ2) is 4.65. The van der Waals surface area contributed by atoms with Gasteiger partial charge in [0.1, 0.15) is 0 Å². The fourth-order valence-electron chi connectivity index (χ4n) is 0.430.